The van der Waals surface area contributed by atoms with Gasteiger partial charge in [-0.2, -0.15) is 0 Å². The van der Waals surface area contributed by atoms with Crippen LogP contribution >= 0.6 is 0 Å². The molecular weight excluding hydrogens is 200 g/mol. The average molecular weight is 228 g/mol. The SMILES string of the molecule is CCCCCCC(C)NC(=O)C(C)CCN. The molecule has 1 amide bonds. The van der Waals surface area contributed by atoms with Gasteiger partial charge in [0.05, 0.1) is 0 Å². The lowest BCUT2D eigenvalue weighted by Crippen LogP contribution is -2.36. The van der Waals surface area contributed by atoms with Crippen molar-refractivity contribution in [1.82, 2.24) is 5.32 Å². The molecule has 0 spiro atoms. The van der Waals surface area contributed by atoms with Gasteiger partial charge in [0.2, 0.25) is 5.91 Å². The van der Waals surface area contributed by atoms with Crippen LogP contribution in [0.25, 0.3) is 0 Å². The van der Waals surface area contributed by atoms with Crippen LogP contribution in [0.3, 0.4) is 0 Å². The second-order valence-corrected chi connectivity index (χ2v) is 4.74. The predicted octanol–water partition coefficient (Wildman–Crippen LogP) is 2.45. The van der Waals surface area contributed by atoms with Crippen LogP contribution < -0.4 is 11.1 Å². The summed E-state index contributed by atoms with van der Waals surface area (Å²) < 4.78 is 0. The van der Waals surface area contributed by atoms with E-state index in [0.29, 0.717) is 12.6 Å². The molecule has 0 aliphatic heterocycles. The number of carbonyl (C=O) groups excluding carboxylic acids is 1. The van der Waals surface area contributed by atoms with Crippen LogP contribution in [0.4, 0.5) is 0 Å². The zero-order valence-corrected chi connectivity index (χ0v) is 11.1. The van der Waals surface area contributed by atoms with Gasteiger partial charge in [-0.25, -0.2) is 0 Å². The minimum Gasteiger partial charge on any atom is -0.353 e. The summed E-state index contributed by atoms with van der Waals surface area (Å²) in [7, 11) is 0. The topological polar surface area (TPSA) is 55.1 Å². The Morgan fingerprint density at radius 2 is 1.88 bits per heavy atom. The van der Waals surface area contributed by atoms with Crippen molar-refractivity contribution < 1.29 is 4.79 Å². The van der Waals surface area contributed by atoms with Gasteiger partial charge in [0.25, 0.3) is 0 Å². The summed E-state index contributed by atoms with van der Waals surface area (Å²) in [4.78, 5) is 11.7. The maximum Gasteiger partial charge on any atom is 0.223 e. The Labute approximate surface area is 100 Å². The van der Waals surface area contributed by atoms with Crippen molar-refractivity contribution >= 4 is 5.91 Å². The number of unbranched alkanes of at least 4 members (excludes halogenated alkanes) is 3. The van der Waals surface area contributed by atoms with Gasteiger partial charge in [-0.15, -0.1) is 0 Å². The third-order valence-corrected chi connectivity index (χ3v) is 2.93. The molecule has 3 heteroatoms. The fourth-order valence-corrected chi connectivity index (χ4v) is 1.72. The second kappa shape index (κ2) is 9.64. The third kappa shape index (κ3) is 7.69. The van der Waals surface area contributed by atoms with Gasteiger partial charge < -0.3 is 11.1 Å². The van der Waals surface area contributed by atoms with Crippen molar-refractivity contribution in [2.75, 3.05) is 6.54 Å². The molecule has 96 valence electrons. The molecule has 0 aliphatic carbocycles. The van der Waals surface area contributed by atoms with E-state index >= 15 is 0 Å². The Morgan fingerprint density at radius 1 is 1.19 bits per heavy atom. The molecule has 3 N–H and O–H groups in total. The van der Waals surface area contributed by atoms with E-state index in [1.54, 1.807) is 0 Å². The molecule has 16 heavy (non-hydrogen) atoms. The monoisotopic (exact) mass is 228 g/mol. The minimum atomic E-state index is 0.0445. The molecule has 0 radical (unpaired) electrons. The highest BCUT2D eigenvalue weighted by atomic mass is 16.1. The first kappa shape index (κ1) is 15.4. The fraction of sp³-hybridized carbons (Fsp3) is 0.923. The van der Waals surface area contributed by atoms with Crippen molar-refractivity contribution in [3.8, 4) is 0 Å². The molecule has 0 aromatic heterocycles. The minimum absolute atomic E-state index is 0.0445. The summed E-state index contributed by atoms with van der Waals surface area (Å²) in [5.41, 5.74) is 5.43. The molecule has 0 aliphatic rings. The van der Waals surface area contributed by atoms with Gasteiger partial charge in [0, 0.05) is 12.0 Å². The number of amides is 1. The number of hydrogen-bond acceptors (Lipinski definition) is 2. The Hall–Kier alpha value is -0.570. The summed E-state index contributed by atoms with van der Waals surface area (Å²) in [5, 5.41) is 3.05. The summed E-state index contributed by atoms with van der Waals surface area (Å²) in [6.45, 7) is 6.81. The van der Waals surface area contributed by atoms with Gasteiger partial charge >= 0.3 is 0 Å². The van der Waals surface area contributed by atoms with Crippen molar-refractivity contribution in [1.29, 1.82) is 0 Å². The largest absolute Gasteiger partial charge is 0.353 e. The summed E-state index contributed by atoms with van der Waals surface area (Å²) in [5.74, 6) is 0.191. The lowest BCUT2D eigenvalue weighted by Gasteiger charge is -2.17. The normalized spacial score (nSPS) is 14.5. The smallest absolute Gasteiger partial charge is 0.223 e. The van der Waals surface area contributed by atoms with Gasteiger partial charge in [-0.1, -0.05) is 39.5 Å². The van der Waals surface area contributed by atoms with Crippen LogP contribution in [-0.4, -0.2) is 18.5 Å². The Bertz CT molecular complexity index is 183. The van der Waals surface area contributed by atoms with E-state index in [0.717, 1.165) is 12.8 Å². The number of nitrogens with two attached hydrogens (primary N) is 1. The molecule has 3 nitrogen and oxygen atoms in total. The molecule has 0 saturated carbocycles. The van der Waals surface area contributed by atoms with E-state index in [2.05, 4.69) is 19.2 Å². The van der Waals surface area contributed by atoms with E-state index in [4.69, 9.17) is 5.73 Å². The Kier molecular flexibility index (Phi) is 9.30. The van der Waals surface area contributed by atoms with E-state index in [1.807, 2.05) is 6.92 Å². The molecule has 2 atom stereocenters. The van der Waals surface area contributed by atoms with Crippen molar-refractivity contribution in [3.63, 3.8) is 0 Å². The molecular formula is C13H28N2O. The maximum absolute atomic E-state index is 11.7. The average Bonchev–Trinajstić information content (AvgIpc) is 2.24. The first-order chi connectivity index (χ1) is 7.61. The summed E-state index contributed by atoms with van der Waals surface area (Å²) in [6.07, 6.45) is 6.89. The molecule has 0 fully saturated rings. The van der Waals surface area contributed by atoms with Gasteiger partial charge in [-0.05, 0) is 26.3 Å². The second-order valence-electron chi connectivity index (χ2n) is 4.74. The molecule has 0 heterocycles. The first-order valence-electron chi connectivity index (χ1n) is 6.62. The fourth-order valence-electron chi connectivity index (χ4n) is 1.72. The van der Waals surface area contributed by atoms with Crippen molar-refractivity contribution in [2.45, 2.75) is 65.3 Å². The highest BCUT2D eigenvalue weighted by Crippen LogP contribution is 2.07. The Morgan fingerprint density at radius 3 is 2.44 bits per heavy atom. The quantitative estimate of drug-likeness (QED) is 0.596. The molecule has 0 aromatic carbocycles. The molecule has 0 aromatic rings. The van der Waals surface area contributed by atoms with Crippen LogP contribution in [0.15, 0.2) is 0 Å². The third-order valence-electron chi connectivity index (χ3n) is 2.93. The standard InChI is InChI=1S/C13H28N2O/c1-4-5-6-7-8-12(3)15-13(16)11(2)9-10-14/h11-12H,4-10,14H2,1-3H3,(H,15,16). The van der Waals surface area contributed by atoms with E-state index in [9.17, 15) is 4.79 Å². The Balaban J connectivity index is 3.61. The zero-order valence-electron chi connectivity index (χ0n) is 11.1. The lowest BCUT2D eigenvalue weighted by molar-refractivity contribution is -0.125. The molecule has 0 saturated heterocycles. The first-order valence-corrected chi connectivity index (χ1v) is 6.62. The number of carbonyl (C=O) groups is 1. The zero-order chi connectivity index (χ0) is 12.4. The molecule has 2 unspecified atom stereocenters. The summed E-state index contributed by atoms with van der Waals surface area (Å²) >= 11 is 0. The van der Waals surface area contributed by atoms with Crippen LogP contribution in [-0.2, 0) is 4.79 Å². The lowest BCUT2D eigenvalue weighted by atomic mass is 10.1. The van der Waals surface area contributed by atoms with E-state index in [-0.39, 0.29) is 11.8 Å². The van der Waals surface area contributed by atoms with E-state index in [1.165, 1.54) is 25.7 Å². The predicted molar refractivity (Wildman–Crippen MR) is 69.2 cm³/mol. The van der Waals surface area contributed by atoms with Crippen LogP contribution in [0.5, 0.6) is 0 Å². The van der Waals surface area contributed by atoms with Gasteiger partial charge in [0.15, 0.2) is 0 Å². The van der Waals surface area contributed by atoms with Gasteiger partial charge in [0.1, 0.15) is 0 Å². The van der Waals surface area contributed by atoms with Crippen molar-refractivity contribution in [3.05, 3.63) is 0 Å². The highest BCUT2D eigenvalue weighted by Gasteiger charge is 2.13. The van der Waals surface area contributed by atoms with Crippen LogP contribution in [0.1, 0.15) is 59.3 Å². The number of rotatable bonds is 9. The molecule has 0 rings (SSSR count). The molecule has 0 bridgehead atoms. The van der Waals surface area contributed by atoms with E-state index < -0.39 is 0 Å². The van der Waals surface area contributed by atoms with Crippen molar-refractivity contribution in [2.24, 2.45) is 11.7 Å². The van der Waals surface area contributed by atoms with Crippen LogP contribution in [0.2, 0.25) is 0 Å². The highest BCUT2D eigenvalue weighted by molar-refractivity contribution is 5.78. The summed E-state index contributed by atoms with van der Waals surface area (Å²) in [6, 6.07) is 0.296. The number of nitrogens with one attached hydrogen (secondary N) is 1. The van der Waals surface area contributed by atoms with Crippen LogP contribution in [0, 0.1) is 5.92 Å². The maximum atomic E-state index is 11.7. The number of hydrogen-bond donors (Lipinski definition) is 2. The van der Waals surface area contributed by atoms with Gasteiger partial charge in [-0.3, -0.25) is 4.79 Å².